The zero-order valence-electron chi connectivity index (χ0n) is 21.2. The molecule has 1 N–H and O–H groups in total. The number of pyridine rings is 1. The molecule has 0 radical (unpaired) electrons. The van der Waals surface area contributed by atoms with Crippen LogP contribution in [-0.2, 0) is 9.53 Å². The van der Waals surface area contributed by atoms with Gasteiger partial charge in [-0.1, -0.05) is 32.1 Å². The summed E-state index contributed by atoms with van der Waals surface area (Å²) in [6, 6.07) is 2.25. The molecule has 3 saturated carbocycles. The van der Waals surface area contributed by atoms with Crippen LogP contribution in [0.4, 0.5) is 5.82 Å². The van der Waals surface area contributed by atoms with Crippen molar-refractivity contribution in [1.29, 1.82) is 0 Å². The van der Waals surface area contributed by atoms with Crippen LogP contribution in [0.2, 0.25) is 0 Å². The number of hydrogen-bond acceptors (Lipinski definition) is 6. The van der Waals surface area contributed by atoms with Gasteiger partial charge in [-0.25, -0.2) is 4.98 Å². The maximum atomic E-state index is 13.4. The highest BCUT2D eigenvalue weighted by Gasteiger charge is 2.57. The van der Waals surface area contributed by atoms with Crippen LogP contribution in [0.25, 0.3) is 0 Å². The van der Waals surface area contributed by atoms with Gasteiger partial charge in [-0.2, -0.15) is 0 Å². The molecular weight excluding hydrogens is 458 g/mol. The van der Waals surface area contributed by atoms with Gasteiger partial charge in [-0.15, -0.1) is 12.6 Å². The number of nitrogens with zero attached hydrogens (tertiary/aromatic N) is 2. The topological polar surface area (TPSA) is 71.5 Å². The van der Waals surface area contributed by atoms with E-state index >= 15 is 0 Å². The number of esters is 1. The number of rotatable bonds is 7. The van der Waals surface area contributed by atoms with Crippen LogP contribution in [0.5, 0.6) is 0 Å². The molecule has 1 atom stereocenters. The van der Waals surface area contributed by atoms with Gasteiger partial charge in [0.05, 0.1) is 23.3 Å². The van der Waals surface area contributed by atoms with Gasteiger partial charge in [0, 0.05) is 29.9 Å². The van der Waals surface area contributed by atoms with E-state index in [-0.39, 0.29) is 29.3 Å². The first-order valence-corrected chi connectivity index (χ1v) is 14.4. The summed E-state index contributed by atoms with van der Waals surface area (Å²) in [7, 11) is 0. The summed E-state index contributed by atoms with van der Waals surface area (Å²) in [5, 5.41) is 3.31. The summed E-state index contributed by atoms with van der Waals surface area (Å²) in [6.45, 7) is 4.04. The number of carbonyl (C=O) groups excluding carboxylic acids is 2. The fourth-order valence-electron chi connectivity index (χ4n) is 6.75. The fraction of sp³-hybridized carbons (Fsp3) is 0.750. The van der Waals surface area contributed by atoms with Crippen molar-refractivity contribution in [3.05, 3.63) is 17.3 Å². The molecule has 7 heteroatoms. The van der Waals surface area contributed by atoms with E-state index in [1.807, 2.05) is 13.0 Å². The van der Waals surface area contributed by atoms with E-state index in [2.05, 4.69) is 10.2 Å². The highest BCUT2D eigenvalue weighted by molar-refractivity contribution is 7.80. The molecule has 192 valence electrons. The first kappa shape index (κ1) is 24.9. The number of hydrogen-bond donors (Lipinski definition) is 2. The Balaban J connectivity index is 1.39. The average molecular weight is 500 g/mol. The summed E-state index contributed by atoms with van der Waals surface area (Å²) in [6.07, 6.45) is 14.3. The van der Waals surface area contributed by atoms with Crippen LogP contribution in [0.15, 0.2) is 11.0 Å². The molecule has 0 bridgehead atoms. The van der Waals surface area contributed by atoms with Crippen LogP contribution in [0.3, 0.4) is 0 Å². The van der Waals surface area contributed by atoms with Crippen molar-refractivity contribution in [1.82, 2.24) is 10.3 Å². The predicted molar refractivity (Wildman–Crippen MR) is 140 cm³/mol. The van der Waals surface area contributed by atoms with Crippen molar-refractivity contribution < 1.29 is 14.3 Å². The molecule has 4 fully saturated rings. The number of piperidine rings is 1. The Morgan fingerprint density at radius 3 is 2.49 bits per heavy atom. The first-order chi connectivity index (χ1) is 17.0. The Morgan fingerprint density at radius 1 is 1.09 bits per heavy atom. The number of carbonyl (C=O) groups is 2. The lowest BCUT2D eigenvalue weighted by Crippen LogP contribution is -2.43. The van der Waals surface area contributed by atoms with Crippen molar-refractivity contribution in [2.45, 2.75) is 107 Å². The van der Waals surface area contributed by atoms with Crippen LogP contribution < -0.4 is 10.2 Å². The molecule has 1 aromatic rings. The zero-order chi connectivity index (χ0) is 24.4. The van der Waals surface area contributed by atoms with Crippen LogP contribution in [-0.4, -0.2) is 42.6 Å². The molecule has 2 heterocycles. The molecule has 1 unspecified atom stereocenters. The summed E-state index contributed by atoms with van der Waals surface area (Å²) < 4.78 is 5.45. The molecule has 35 heavy (non-hydrogen) atoms. The number of ether oxygens (including phenoxy) is 1. The standard InChI is InChI=1S/C28H41N3O3S/c1-2-34-27(33)28(14-15-28)20-11-8-16-31(18-20)25-23(35)17-22(24(30-25)19-9-6-7-10-19)26(32)29-21-12-4-3-5-13-21/h17,19-21,35H,2-16,18H2,1H3,(H,29,32). The summed E-state index contributed by atoms with van der Waals surface area (Å²) >= 11 is 4.84. The molecule has 1 saturated heterocycles. The van der Waals surface area contributed by atoms with E-state index in [0.717, 1.165) is 86.4 Å². The van der Waals surface area contributed by atoms with E-state index in [1.165, 1.54) is 32.1 Å². The second kappa shape index (κ2) is 10.7. The maximum Gasteiger partial charge on any atom is 0.312 e. The Bertz CT molecular complexity index is 936. The number of anilines is 1. The minimum absolute atomic E-state index is 0.0175. The van der Waals surface area contributed by atoms with Gasteiger partial charge in [-0.05, 0) is 70.3 Å². The minimum atomic E-state index is -0.306. The van der Waals surface area contributed by atoms with Gasteiger partial charge >= 0.3 is 5.97 Å². The van der Waals surface area contributed by atoms with Crippen molar-refractivity contribution in [2.24, 2.45) is 11.3 Å². The molecule has 1 aliphatic heterocycles. The molecule has 0 aromatic carbocycles. The second-order valence-corrected chi connectivity index (χ2v) is 11.7. The van der Waals surface area contributed by atoms with E-state index in [0.29, 0.717) is 12.5 Å². The van der Waals surface area contributed by atoms with Crippen molar-refractivity contribution in [3.63, 3.8) is 0 Å². The zero-order valence-corrected chi connectivity index (χ0v) is 22.1. The van der Waals surface area contributed by atoms with E-state index in [4.69, 9.17) is 22.3 Å². The SMILES string of the molecule is CCOC(=O)C1(C2CCCN(c3nc(C4CCCC4)c(C(=O)NC4CCCCC4)cc3S)C2)CC1. The third kappa shape index (κ3) is 5.21. The lowest BCUT2D eigenvalue weighted by atomic mass is 9.82. The Labute approximate surface area is 215 Å². The van der Waals surface area contributed by atoms with Gasteiger partial charge in [0.1, 0.15) is 5.82 Å². The lowest BCUT2D eigenvalue weighted by molar-refractivity contribution is -0.152. The highest BCUT2D eigenvalue weighted by Crippen LogP contribution is 2.55. The van der Waals surface area contributed by atoms with Gasteiger partial charge in [0.2, 0.25) is 0 Å². The van der Waals surface area contributed by atoms with Gasteiger partial charge < -0.3 is 15.0 Å². The Kier molecular flexibility index (Phi) is 7.61. The molecule has 6 nitrogen and oxygen atoms in total. The number of aromatic nitrogens is 1. The first-order valence-electron chi connectivity index (χ1n) is 14.0. The van der Waals surface area contributed by atoms with Crippen molar-refractivity contribution in [2.75, 3.05) is 24.6 Å². The molecule has 1 aromatic heterocycles. The number of amides is 1. The minimum Gasteiger partial charge on any atom is -0.466 e. The van der Waals surface area contributed by atoms with Crippen LogP contribution in [0, 0.1) is 11.3 Å². The second-order valence-electron chi connectivity index (χ2n) is 11.2. The largest absolute Gasteiger partial charge is 0.466 e. The van der Waals surface area contributed by atoms with Gasteiger partial charge in [0.15, 0.2) is 0 Å². The quantitative estimate of drug-likeness (QED) is 0.375. The summed E-state index contributed by atoms with van der Waals surface area (Å²) in [5.41, 5.74) is 1.37. The normalized spacial score (nSPS) is 24.9. The van der Waals surface area contributed by atoms with E-state index < -0.39 is 0 Å². The highest BCUT2D eigenvalue weighted by atomic mass is 32.1. The average Bonchev–Trinajstić information content (AvgIpc) is 3.52. The Hall–Kier alpha value is -1.76. The maximum absolute atomic E-state index is 13.4. The molecule has 1 amide bonds. The van der Waals surface area contributed by atoms with Crippen molar-refractivity contribution in [3.8, 4) is 0 Å². The van der Waals surface area contributed by atoms with Gasteiger partial charge in [0.25, 0.3) is 5.91 Å². The molecular formula is C28H41N3O3S. The van der Waals surface area contributed by atoms with Crippen LogP contribution >= 0.6 is 12.6 Å². The Morgan fingerprint density at radius 2 is 1.80 bits per heavy atom. The van der Waals surface area contributed by atoms with Crippen LogP contribution in [0.1, 0.15) is 112 Å². The third-order valence-electron chi connectivity index (χ3n) is 8.91. The third-order valence-corrected chi connectivity index (χ3v) is 9.24. The monoisotopic (exact) mass is 499 g/mol. The van der Waals surface area contributed by atoms with E-state index in [9.17, 15) is 9.59 Å². The van der Waals surface area contributed by atoms with Gasteiger partial charge in [-0.3, -0.25) is 9.59 Å². The fourth-order valence-corrected chi connectivity index (χ4v) is 7.07. The summed E-state index contributed by atoms with van der Waals surface area (Å²) in [4.78, 5) is 34.4. The molecule has 5 rings (SSSR count). The smallest absolute Gasteiger partial charge is 0.312 e. The number of nitrogens with one attached hydrogen (secondary N) is 1. The lowest BCUT2D eigenvalue weighted by Gasteiger charge is -2.38. The van der Waals surface area contributed by atoms with Crippen molar-refractivity contribution >= 4 is 30.3 Å². The summed E-state index contributed by atoms with van der Waals surface area (Å²) in [5.74, 6) is 1.50. The molecule has 4 aliphatic rings. The molecule has 0 spiro atoms. The number of thiol groups is 1. The molecule has 3 aliphatic carbocycles. The van der Waals surface area contributed by atoms with E-state index in [1.54, 1.807) is 0 Å². The predicted octanol–water partition coefficient (Wildman–Crippen LogP) is 5.65.